The molecule has 194 valence electrons. The van der Waals surface area contributed by atoms with Crippen molar-refractivity contribution in [2.75, 3.05) is 40.3 Å². The van der Waals surface area contributed by atoms with Gasteiger partial charge in [0, 0.05) is 29.9 Å². The molecule has 3 nitrogen and oxygen atoms in total. The maximum atomic E-state index is 13.0. The summed E-state index contributed by atoms with van der Waals surface area (Å²) in [6.45, 7) is 12.4. The third-order valence-corrected chi connectivity index (χ3v) is 6.99. The summed E-state index contributed by atoms with van der Waals surface area (Å²) in [5, 5.41) is 3.16. The first-order chi connectivity index (χ1) is 17.4. The Hall–Kier alpha value is -2.54. The van der Waals surface area contributed by atoms with Gasteiger partial charge in [-0.1, -0.05) is 37.8 Å². The molecule has 1 unspecified atom stereocenters. The van der Waals surface area contributed by atoms with Gasteiger partial charge in [-0.2, -0.15) is 0 Å². The number of terminal acetylenes is 2. The number of likely N-dealkylation sites (tertiary alicyclic amines) is 1. The zero-order valence-electron chi connectivity index (χ0n) is 22.3. The summed E-state index contributed by atoms with van der Waals surface area (Å²) >= 11 is 1.77. The monoisotopic (exact) mass is 507 g/mol. The number of benzene rings is 2. The van der Waals surface area contributed by atoms with Crippen LogP contribution in [0.25, 0.3) is 6.08 Å². The number of rotatable bonds is 6. The second-order valence-corrected chi connectivity index (χ2v) is 10.1. The van der Waals surface area contributed by atoms with E-state index in [4.69, 9.17) is 6.42 Å². The van der Waals surface area contributed by atoms with E-state index in [-0.39, 0.29) is 11.9 Å². The smallest absolute Gasteiger partial charge is 0.123 e. The molecule has 0 spiro atoms. The van der Waals surface area contributed by atoms with E-state index in [2.05, 4.69) is 78.1 Å². The third-order valence-electron chi connectivity index (χ3n) is 5.97. The van der Waals surface area contributed by atoms with Crippen molar-refractivity contribution in [2.24, 2.45) is 5.92 Å². The van der Waals surface area contributed by atoms with Gasteiger partial charge in [-0.3, -0.25) is 0 Å². The molecule has 2 aromatic rings. The van der Waals surface area contributed by atoms with E-state index < -0.39 is 0 Å². The average molecular weight is 508 g/mol. The lowest BCUT2D eigenvalue weighted by molar-refractivity contribution is 0.276. The van der Waals surface area contributed by atoms with Gasteiger partial charge in [0.15, 0.2) is 0 Å². The van der Waals surface area contributed by atoms with Crippen LogP contribution in [0.4, 0.5) is 4.39 Å². The molecule has 5 heteroatoms. The molecule has 1 N–H and O–H groups in total. The number of halogens is 1. The van der Waals surface area contributed by atoms with Crippen LogP contribution in [0.15, 0.2) is 53.9 Å². The van der Waals surface area contributed by atoms with Gasteiger partial charge < -0.3 is 10.2 Å². The molecule has 2 aliphatic heterocycles. The first kappa shape index (κ1) is 31.5. The predicted molar refractivity (Wildman–Crippen MR) is 156 cm³/mol. The molecule has 2 aromatic carbocycles. The number of hydrogen-bond acceptors (Lipinski definition) is 4. The lowest BCUT2D eigenvalue weighted by Gasteiger charge is -2.34. The third kappa shape index (κ3) is 11.5. The van der Waals surface area contributed by atoms with Crippen LogP contribution in [0.3, 0.4) is 0 Å². The van der Waals surface area contributed by atoms with Gasteiger partial charge in [0.25, 0.3) is 0 Å². The number of nitrogens with zero attached hydrogens (tertiary/aromatic N) is 2. The Bertz CT molecular complexity index is 945. The lowest BCUT2D eigenvalue weighted by Crippen LogP contribution is -2.40. The predicted octanol–water partition coefficient (Wildman–Crippen LogP) is 6.67. The molecule has 0 aromatic heterocycles. The topological polar surface area (TPSA) is 18.5 Å². The Morgan fingerprint density at radius 3 is 2.33 bits per heavy atom. The van der Waals surface area contributed by atoms with E-state index in [1.54, 1.807) is 24.1 Å². The normalized spacial score (nSPS) is 15.9. The highest BCUT2D eigenvalue weighted by atomic mass is 32.2. The van der Waals surface area contributed by atoms with Crippen molar-refractivity contribution in [2.45, 2.75) is 44.0 Å². The van der Waals surface area contributed by atoms with Crippen LogP contribution >= 0.6 is 11.9 Å². The van der Waals surface area contributed by atoms with Crippen molar-refractivity contribution >= 4 is 18.0 Å². The summed E-state index contributed by atoms with van der Waals surface area (Å²) in [6, 6.07) is 13.8. The minimum atomic E-state index is -0.149. The van der Waals surface area contributed by atoms with Gasteiger partial charge in [-0.25, -0.2) is 8.70 Å². The molecular weight excluding hydrogens is 465 g/mol. The number of aryl methyl sites for hydroxylation is 1. The Morgan fingerprint density at radius 1 is 1.19 bits per heavy atom. The minimum Gasteiger partial charge on any atom is -0.313 e. The minimum absolute atomic E-state index is 0.149. The fourth-order valence-electron chi connectivity index (χ4n) is 3.91. The average Bonchev–Trinajstić information content (AvgIpc) is 3.34. The fraction of sp³-hybridized carbons (Fsp3) is 0.419. The first-order valence-corrected chi connectivity index (χ1v) is 13.2. The van der Waals surface area contributed by atoms with Gasteiger partial charge in [0.1, 0.15) is 5.82 Å². The zero-order chi connectivity index (χ0) is 26.9. The van der Waals surface area contributed by atoms with Crippen LogP contribution in [0, 0.1) is 43.8 Å². The van der Waals surface area contributed by atoms with E-state index in [0.717, 1.165) is 36.2 Å². The first-order valence-electron chi connectivity index (χ1n) is 12.5. The molecule has 2 aliphatic rings. The van der Waals surface area contributed by atoms with Crippen molar-refractivity contribution in [3.05, 3.63) is 71.6 Å². The lowest BCUT2D eigenvalue weighted by atomic mass is 10.0. The summed E-state index contributed by atoms with van der Waals surface area (Å²) in [5.41, 5.74) is 3.17. The van der Waals surface area contributed by atoms with E-state index in [1.165, 1.54) is 30.8 Å². The maximum absolute atomic E-state index is 13.0. The molecule has 2 saturated heterocycles. The van der Waals surface area contributed by atoms with Crippen LogP contribution in [0.2, 0.25) is 0 Å². The van der Waals surface area contributed by atoms with E-state index in [1.807, 2.05) is 26.1 Å². The molecule has 2 heterocycles. The Kier molecular flexibility index (Phi) is 15.6. The number of nitrogens with one attached hydrogen (secondary N) is 1. The molecule has 36 heavy (non-hydrogen) atoms. The Labute approximate surface area is 223 Å². The van der Waals surface area contributed by atoms with E-state index in [0.29, 0.717) is 5.92 Å². The molecule has 0 saturated carbocycles. The SMILES string of the molecule is C#C.C#CC1CN(Sc2cccc(C=C)c2)C1.CCC(NC)c1cc(C)cc(F)c1.CN1CCCC1. The van der Waals surface area contributed by atoms with Gasteiger partial charge in [0.2, 0.25) is 0 Å². The highest BCUT2D eigenvalue weighted by molar-refractivity contribution is 7.97. The van der Waals surface area contributed by atoms with Crippen molar-refractivity contribution < 1.29 is 4.39 Å². The van der Waals surface area contributed by atoms with Crippen LogP contribution in [-0.4, -0.2) is 49.5 Å². The molecule has 0 radical (unpaired) electrons. The summed E-state index contributed by atoms with van der Waals surface area (Å²) < 4.78 is 15.3. The van der Waals surface area contributed by atoms with Crippen molar-refractivity contribution in [1.29, 1.82) is 0 Å². The largest absolute Gasteiger partial charge is 0.313 e. The second-order valence-electron chi connectivity index (χ2n) is 8.90. The standard InChI is InChI=1S/C13H13NS.C11H16FN.C5H11N.C2H2/c1-3-11-6-5-7-13(8-11)15-14-9-12(4-2)10-14;1-4-11(13-3)9-5-8(2)6-10(12)7-9;1-6-4-2-3-5-6;1-2/h2-3,5-8,12H,1,9-10H2;5-7,11,13H,4H2,1-3H3;2-5H2,1H3;1-2H. The summed E-state index contributed by atoms with van der Waals surface area (Å²) in [5.74, 6) is 3.06. The van der Waals surface area contributed by atoms with Crippen molar-refractivity contribution in [3.63, 3.8) is 0 Å². The fourth-order valence-corrected chi connectivity index (χ4v) is 5.05. The summed E-state index contributed by atoms with van der Waals surface area (Å²) in [6.07, 6.45) is 19.0. The highest BCUT2D eigenvalue weighted by Gasteiger charge is 2.25. The molecule has 2 fully saturated rings. The Morgan fingerprint density at radius 2 is 1.86 bits per heavy atom. The molecule has 0 amide bonds. The number of hydrogen-bond donors (Lipinski definition) is 1. The molecule has 4 rings (SSSR count). The molecule has 0 bridgehead atoms. The van der Waals surface area contributed by atoms with Gasteiger partial charge in [-0.05, 0) is 106 Å². The van der Waals surface area contributed by atoms with Crippen molar-refractivity contribution in [3.8, 4) is 25.2 Å². The zero-order valence-corrected chi connectivity index (χ0v) is 23.2. The molecule has 0 aliphatic carbocycles. The Balaban J connectivity index is 0.000000280. The molecule has 1 atom stereocenters. The highest BCUT2D eigenvalue weighted by Crippen LogP contribution is 2.30. The quantitative estimate of drug-likeness (QED) is 0.348. The van der Waals surface area contributed by atoms with Gasteiger partial charge in [-0.15, -0.1) is 25.2 Å². The van der Waals surface area contributed by atoms with E-state index >= 15 is 0 Å². The van der Waals surface area contributed by atoms with Crippen molar-refractivity contribution in [1.82, 2.24) is 14.5 Å². The van der Waals surface area contributed by atoms with E-state index in [9.17, 15) is 4.39 Å². The van der Waals surface area contributed by atoms with Crippen LogP contribution < -0.4 is 5.32 Å². The van der Waals surface area contributed by atoms with Gasteiger partial charge >= 0.3 is 0 Å². The van der Waals surface area contributed by atoms with Gasteiger partial charge in [0.05, 0.1) is 0 Å². The summed E-state index contributed by atoms with van der Waals surface area (Å²) in [7, 11) is 4.07. The van der Waals surface area contributed by atoms with Crippen LogP contribution in [0.1, 0.15) is 48.9 Å². The molecular formula is C31H42FN3S. The summed E-state index contributed by atoms with van der Waals surface area (Å²) in [4.78, 5) is 3.61. The van der Waals surface area contributed by atoms with Crippen LogP contribution in [0.5, 0.6) is 0 Å². The maximum Gasteiger partial charge on any atom is 0.123 e. The second kappa shape index (κ2) is 17.8. The van der Waals surface area contributed by atoms with Crippen LogP contribution in [-0.2, 0) is 0 Å².